The van der Waals surface area contributed by atoms with Gasteiger partial charge in [0.1, 0.15) is 6.54 Å². The fourth-order valence-corrected chi connectivity index (χ4v) is 5.00. The summed E-state index contributed by atoms with van der Waals surface area (Å²) in [5.74, 6) is -0.739. The number of carbonyl (C=O) groups excluding carboxylic acids is 2. The first-order chi connectivity index (χ1) is 13.4. The molecule has 3 rings (SSSR count). The lowest BCUT2D eigenvalue weighted by molar-refractivity contribution is -0.141. The van der Waals surface area contributed by atoms with Gasteiger partial charge in [-0.2, -0.15) is 4.99 Å². The zero-order valence-electron chi connectivity index (χ0n) is 15.6. The van der Waals surface area contributed by atoms with Crippen LogP contribution in [-0.2, 0) is 16.1 Å². The molecule has 146 valence electrons. The van der Waals surface area contributed by atoms with Crippen LogP contribution in [0.1, 0.15) is 24.2 Å². The van der Waals surface area contributed by atoms with Crippen molar-refractivity contribution in [2.45, 2.75) is 30.5 Å². The third-order valence-electron chi connectivity index (χ3n) is 3.83. The fourth-order valence-electron chi connectivity index (χ4n) is 2.58. The minimum Gasteiger partial charge on any atom is -0.468 e. The number of esters is 1. The van der Waals surface area contributed by atoms with Crippen LogP contribution in [0.3, 0.4) is 0 Å². The molecule has 1 aromatic heterocycles. The first-order valence-electron chi connectivity index (χ1n) is 8.59. The Labute approximate surface area is 179 Å². The zero-order chi connectivity index (χ0) is 20.3. The van der Waals surface area contributed by atoms with Crippen LogP contribution in [0.2, 0.25) is 0 Å². The van der Waals surface area contributed by atoms with Gasteiger partial charge in [0.2, 0.25) is 0 Å². The van der Waals surface area contributed by atoms with Crippen molar-refractivity contribution in [1.29, 1.82) is 0 Å². The molecule has 1 heterocycles. The molecule has 0 N–H and O–H groups in total. The van der Waals surface area contributed by atoms with E-state index >= 15 is 0 Å². The van der Waals surface area contributed by atoms with Crippen LogP contribution in [0.15, 0.2) is 56.8 Å². The van der Waals surface area contributed by atoms with E-state index < -0.39 is 5.97 Å². The Balaban J connectivity index is 2.01. The monoisotopic (exact) mass is 478 g/mol. The second-order valence-electron chi connectivity index (χ2n) is 6.27. The Morgan fingerprint density at radius 2 is 1.93 bits per heavy atom. The van der Waals surface area contributed by atoms with Crippen LogP contribution in [0.25, 0.3) is 10.2 Å². The highest BCUT2D eigenvalue weighted by atomic mass is 79.9. The van der Waals surface area contributed by atoms with Crippen molar-refractivity contribution >= 4 is 61.1 Å². The number of hydrogen-bond donors (Lipinski definition) is 0. The van der Waals surface area contributed by atoms with Gasteiger partial charge in [0.25, 0.3) is 5.91 Å². The zero-order valence-corrected chi connectivity index (χ0v) is 18.9. The average Bonchev–Trinajstić information content (AvgIpc) is 2.97. The van der Waals surface area contributed by atoms with Crippen molar-refractivity contribution < 1.29 is 14.3 Å². The number of halogens is 1. The highest BCUT2D eigenvalue weighted by molar-refractivity contribution is 9.10. The summed E-state index contributed by atoms with van der Waals surface area (Å²) in [4.78, 5) is 30.4. The molecule has 0 bridgehead atoms. The van der Waals surface area contributed by atoms with Crippen LogP contribution >= 0.6 is 39.0 Å². The predicted octanol–water partition coefficient (Wildman–Crippen LogP) is 4.88. The lowest BCUT2D eigenvalue weighted by Crippen LogP contribution is -2.22. The molecule has 0 aliphatic heterocycles. The molecule has 0 atom stereocenters. The van der Waals surface area contributed by atoms with E-state index in [2.05, 4.69) is 34.8 Å². The summed E-state index contributed by atoms with van der Waals surface area (Å²) < 4.78 is 8.34. The molecule has 0 radical (unpaired) electrons. The molecule has 5 nitrogen and oxygen atoms in total. The van der Waals surface area contributed by atoms with Gasteiger partial charge in [-0.3, -0.25) is 9.59 Å². The number of rotatable bonds is 5. The number of thiazole rings is 1. The fraction of sp³-hybridized carbons (Fsp3) is 0.250. The second-order valence-corrected chi connectivity index (χ2v) is 9.84. The van der Waals surface area contributed by atoms with Crippen LogP contribution < -0.4 is 4.80 Å². The quantitative estimate of drug-likeness (QED) is 0.387. The summed E-state index contributed by atoms with van der Waals surface area (Å²) >= 11 is 6.55. The maximum absolute atomic E-state index is 12.7. The molecule has 28 heavy (non-hydrogen) atoms. The molecule has 1 amide bonds. The Hall–Kier alpha value is -1.90. The minimum absolute atomic E-state index is 0.00574. The SMILES string of the molecule is COC(=O)Cn1c(=NC(=O)c2ccc(SC(C)C)cc2)sc2cc(Br)ccc21. The maximum Gasteiger partial charge on any atom is 0.325 e. The van der Waals surface area contributed by atoms with E-state index in [1.807, 2.05) is 30.3 Å². The molecule has 0 fully saturated rings. The number of amides is 1. The largest absolute Gasteiger partial charge is 0.468 e. The van der Waals surface area contributed by atoms with Crippen LogP contribution in [0.5, 0.6) is 0 Å². The minimum atomic E-state index is -0.397. The maximum atomic E-state index is 12.7. The van der Waals surface area contributed by atoms with Gasteiger partial charge in [0.15, 0.2) is 4.80 Å². The molecule has 2 aromatic carbocycles. The number of carbonyl (C=O) groups is 2. The molecule has 0 spiro atoms. The van der Waals surface area contributed by atoms with E-state index in [-0.39, 0.29) is 12.5 Å². The molecule has 8 heteroatoms. The Morgan fingerprint density at radius 3 is 2.57 bits per heavy atom. The van der Waals surface area contributed by atoms with Gasteiger partial charge in [-0.15, -0.1) is 11.8 Å². The van der Waals surface area contributed by atoms with Crippen molar-refractivity contribution in [1.82, 2.24) is 4.57 Å². The summed E-state index contributed by atoms with van der Waals surface area (Å²) in [6.45, 7) is 4.24. The summed E-state index contributed by atoms with van der Waals surface area (Å²) in [5, 5.41) is 0.474. The van der Waals surface area contributed by atoms with E-state index in [1.54, 1.807) is 28.5 Å². The van der Waals surface area contributed by atoms with Gasteiger partial charge >= 0.3 is 5.97 Å². The van der Waals surface area contributed by atoms with E-state index in [9.17, 15) is 9.59 Å². The molecule has 3 aromatic rings. The normalized spacial score (nSPS) is 12.0. The molecule has 0 saturated heterocycles. The number of thioether (sulfide) groups is 1. The Bertz CT molecular complexity index is 1090. The lowest BCUT2D eigenvalue weighted by Gasteiger charge is -2.05. The van der Waals surface area contributed by atoms with Gasteiger partial charge in [-0.1, -0.05) is 41.1 Å². The molecule has 0 aliphatic rings. The molecular weight excluding hydrogens is 460 g/mol. The summed E-state index contributed by atoms with van der Waals surface area (Å²) in [6.07, 6.45) is 0. The Kier molecular flexibility index (Phi) is 6.74. The van der Waals surface area contributed by atoms with E-state index in [0.717, 1.165) is 19.6 Å². The molecule has 0 unspecified atom stereocenters. The third-order valence-corrected chi connectivity index (χ3v) is 6.38. The van der Waals surface area contributed by atoms with Gasteiger partial charge < -0.3 is 9.30 Å². The summed E-state index contributed by atoms with van der Waals surface area (Å²) in [5.41, 5.74) is 1.34. The number of nitrogens with zero attached hydrogens (tertiary/aromatic N) is 2. The topological polar surface area (TPSA) is 60.7 Å². The van der Waals surface area contributed by atoms with Crippen molar-refractivity contribution in [2.24, 2.45) is 4.99 Å². The van der Waals surface area contributed by atoms with E-state index in [1.165, 1.54) is 18.4 Å². The van der Waals surface area contributed by atoms with Gasteiger partial charge in [0.05, 0.1) is 17.3 Å². The highest BCUT2D eigenvalue weighted by Crippen LogP contribution is 2.24. The number of fused-ring (bicyclic) bond motifs is 1. The van der Waals surface area contributed by atoms with Crippen LogP contribution in [0.4, 0.5) is 0 Å². The number of benzene rings is 2. The summed E-state index contributed by atoms with van der Waals surface area (Å²) in [6, 6.07) is 13.1. The van der Waals surface area contributed by atoms with Crippen molar-refractivity contribution in [3.8, 4) is 0 Å². The van der Waals surface area contributed by atoms with Crippen molar-refractivity contribution in [3.05, 3.63) is 57.3 Å². The lowest BCUT2D eigenvalue weighted by atomic mass is 10.2. The van der Waals surface area contributed by atoms with Crippen LogP contribution in [0, 0.1) is 0 Å². The molecule has 0 saturated carbocycles. The number of hydrogen-bond acceptors (Lipinski definition) is 5. The number of methoxy groups -OCH3 is 1. The van der Waals surface area contributed by atoms with E-state index in [0.29, 0.717) is 15.6 Å². The van der Waals surface area contributed by atoms with E-state index in [4.69, 9.17) is 4.74 Å². The van der Waals surface area contributed by atoms with Gasteiger partial charge in [0, 0.05) is 20.2 Å². The van der Waals surface area contributed by atoms with Crippen molar-refractivity contribution in [3.63, 3.8) is 0 Å². The molecular formula is C20H19BrN2O3S2. The van der Waals surface area contributed by atoms with Gasteiger partial charge in [-0.05, 0) is 42.5 Å². The Morgan fingerprint density at radius 1 is 1.21 bits per heavy atom. The third kappa shape index (κ3) is 4.92. The second kappa shape index (κ2) is 9.07. The van der Waals surface area contributed by atoms with Gasteiger partial charge in [-0.25, -0.2) is 0 Å². The summed E-state index contributed by atoms with van der Waals surface area (Å²) in [7, 11) is 1.34. The molecule has 0 aliphatic carbocycles. The highest BCUT2D eigenvalue weighted by Gasteiger charge is 2.13. The first-order valence-corrected chi connectivity index (χ1v) is 11.1. The van der Waals surface area contributed by atoms with Crippen molar-refractivity contribution in [2.75, 3.05) is 7.11 Å². The number of ether oxygens (including phenoxy) is 1. The number of aromatic nitrogens is 1. The first kappa shape index (κ1) is 20.8. The standard InChI is InChI=1S/C20H19BrN2O3S2/c1-12(2)27-15-7-4-13(5-8-15)19(25)22-20-23(11-18(24)26-3)16-9-6-14(21)10-17(16)28-20/h4-10,12H,11H2,1-3H3. The predicted molar refractivity (Wildman–Crippen MR) is 117 cm³/mol. The smallest absolute Gasteiger partial charge is 0.325 e. The van der Waals surface area contributed by atoms with Crippen LogP contribution in [-0.4, -0.2) is 28.8 Å². The average molecular weight is 479 g/mol.